The van der Waals surface area contributed by atoms with Crippen molar-refractivity contribution in [3.63, 3.8) is 0 Å². The predicted molar refractivity (Wildman–Crippen MR) is 75.6 cm³/mol. The number of hydrogen-bond acceptors (Lipinski definition) is 2. The molecule has 1 fully saturated rings. The molecule has 1 unspecified atom stereocenters. The van der Waals surface area contributed by atoms with Gasteiger partial charge in [-0.2, -0.15) is 0 Å². The SMILES string of the molecule is CC(CNC1CCCCC1)OCc1ccccc1. The molecule has 1 aliphatic carbocycles. The second-order valence-corrected chi connectivity index (χ2v) is 5.35. The first-order valence-corrected chi connectivity index (χ1v) is 7.23. The number of ether oxygens (including phenoxy) is 1. The van der Waals surface area contributed by atoms with Crippen LogP contribution in [0.3, 0.4) is 0 Å². The zero-order valence-electron chi connectivity index (χ0n) is 11.4. The van der Waals surface area contributed by atoms with Crippen LogP contribution >= 0.6 is 0 Å². The van der Waals surface area contributed by atoms with Crippen LogP contribution in [0.5, 0.6) is 0 Å². The topological polar surface area (TPSA) is 21.3 Å². The summed E-state index contributed by atoms with van der Waals surface area (Å²) in [6.07, 6.45) is 7.15. The summed E-state index contributed by atoms with van der Waals surface area (Å²) in [6, 6.07) is 11.1. The summed E-state index contributed by atoms with van der Waals surface area (Å²) in [4.78, 5) is 0. The summed E-state index contributed by atoms with van der Waals surface area (Å²) in [5.74, 6) is 0. The lowest BCUT2D eigenvalue weighted by atomic mass is 9.95. The van der Waals surface area contributed by atoms with Crippen LogP contribution in [0.1, 0.15) is 44.6 Å². The minimum atomic E-state index is 0.284. The lowest BCUT2D eigenvalue weighted by molar-refractivity contribution is 0.0504. The minimum Gasteiger partial charge on any atom is -0.373 e. The molecule has 2 nitrogen and oxygen atoms in total. The van der Waals surface area contributed by atoms with Gasteiger partial charge in [-0.1, -0.05) is 49.6 Å². The van der Waals surface area contributed by atoms with Gasteiger partial charge in [-0.25, -0.2) is 0 Å². The van der Waals surface area contributed by atoms with Gasteiger partial charge in [0.25, 0.3) is 0 Å². The number of hydrogen-bond donors (Lipinski definition) is 1. The standard InChI is InChI=1S/C16H25NO/c1-14(12-17-16-10-6-3-7-11-16)18-13-15-8-4-2-5-9-15/h2,4-5,8-9,14,16-17H,3,6-7,10-13H2,1H3. The lowest BCUT2D eigenvalue weighted by Crippen LogP contribution is -2.36. The van der Waals surface area contributed by atoms with Crippen molar-refractivity contribution in [1.82, 2.24) is 5.32 Å². The zero-order valence-corrected chi connectivity index (χ0v) is 11.4. The summed E-state index contributed by atoms with van der Waals surface area (Å²) in [5, 5.41) is 3.63. The Kier molecular flexibility index (Phi) is 5.69. The van der Waals surface area contributed by atoms with Gasteiger partial charge in [0.1, 0.15) is 0 Å². The highest BCUT2D eigenvalue weighted by molar-refractivity contribution is 5.13. The number of benzene rings is 1. The first kappa shape index (κ1) is 13.6. The molecular weight excluding hydrogens is 222 g/mol. The van der Waals surface area contributed by atoms with E-state index in [1.807, 2.05) is 6.07 Å². The molecule has 0 aliphatic heterocycles. The van der Waals surface area contributed by atoms with Crippen LogP contribution in [0.4, 0.5) is 0 Å². The van der Waals surface area contributed by atoms with Crippen molar-refractivity contribution in [1.29, 1.82) is 0 Å². The van der Waals surface area contributed by atoms with Crippen LogP contribution in [-0.4, -0.2) is 18.7 Å². The fraction of sp³-hybridized carbons (Fsp3) is 0.625. The first-order valence-electron chi connectivity index (χ1n) is 7.23. The van der Waals surface area contributed by atoms with E-state index in [0.29, 0.717) is 6.61 Å². The van der Waals surface area contributed by atoms with E-state index in [4.69, 9.17) is 4.74 Å². The second-order valence-electron chi connectivity index (χ2n) is 5.35. The van der Waals surface area contributed by atoms with E-state index in [2.05, 4.69) is 36.5 Å². The molecule has 0 radical (unpaired) electrons. The van der Waals surface area contributed by atoms with Crippen LogP contribution in [0.25, 0.3) is 0 Å². The summed E-state index contributed by atoms with van der Waals surface area (Å²) in [7, 11) is 0. The molecule has 1 aromatic rings. The molecule has 100 valence electrons. The maximum Gasteiger partial charge on any atom is 0.0721 e. The van der Waals surface area contributed by atoms with Gasteiger partial charge in [-0.05, 0) is 25.3 Å². The molecule has 2 rings (SSSR count). The monoisotopic (exact) mass is 247 g/mol. The normalized spacial score (nSPS) is 18.7. The van der Waals surface area contributed by atoms with Crippen molar-refractivity contribution in [2.75, 3.05) is 6.54 Å². The van der Waals surface area contributed by atoms with Crippen LogP contribution in [0.2, 0.25) is 0 Å². The van der Waals surface area contributed by atoms with E-state index in [1.165, 1.54) is 37.7 Å². The third-order valence-electron chi connectivity index (χ3n) is 3.68. The van der Waals surface area contributed by atoms with Gasteiger partial charge in [-0.15, -0.1) is 0 Å². The molecule has 0 spiro atoms. The quantitative estimate of drug-likeness (QED) is 0.830. The van der Waals surface area contributed by atoms with Gasteiger partial charge in [0.15, 0.2) is 0 Å². The van der Waals surface area contributed by atoms with Gasteiger partial charge in [0.2, 0.25) is 0 Å². The highest BCUT2D eigenvalue weighted by atomic mass is 16.5. The Morgan fingerprint density at radius 2 is 1.89 bits per heavy atom. The molecule has 0 saturated heterocycles. The Hall–Kier alpha value is -0.860. The summed E-state index contributed by atoms with van der Waals surface area (Å²) < 4.78 is 5.86. The van der Waals surface area contributed by atoms with Gasteiger partial charge < -0.3 is 10.1 Å². The summed E-state index contributed by atoms with van der Waals surface area (Å²) in [6.45, 7) is 3.84. The molecule has 0 amide bonds. The van der Waals surface area contributed by atoms with Crippen molar-refractivity contribution in [3.8, 4) is 0 Å². The van der Waals surface area contributed by atoms with Gasteiger partial charge in [-0.3, -0.25) is 0 Å². The average molecular weight is 247 g/mol. The highest BCUT2D eigenvalue weighted by Crippen LogP contribution is 2.17. The van der Waals surface area contributed by atoms with E-state index >= 15 is 0 Å². The predicted octanol–water partition coefficient (Wildman–Crippen LogP) is 3.51. The Bertz CT molecular complexity index is 319. The fourth-order valence-electron chi connectivity index (χ4n) is 2.51. The molecule has 1 aliphatic rings. The van der Waals surface area contributed by atoms with Crippen LogP contribution < -0.4 is 5.32 Å². The van der Waals surface area contributed by atoms with Crippen LogP contribution in [0.15, 0.2) is 30.3 Å². The minimum absolute atomic E-state index is 0.284. The Labute approximate surface area is 111 Å². The van der Waals surface area contributed by atoms with E-state index in [9.17, 15) is 0 Å². The maximum absolute atomic E-state index is 5.86. The van der Waals surface area contributed by atoms with Crippen molar-refractivity contribution in [3.05, 3.63) is 35.9 Å². The van der Waals surface area contributed by atoms with Crippen molar-refractivity contribution in [2.24, 2.45) is 0 Å². The van der Waals surface area contributed by atoms with Crippen molar-refractivity contribution < 1.29 is 4.74 Å². The molecule has 18 heavy (non-hydrogen) atoms. The Morgan fingerprint density at radius 1 is 1.17 bits per heavy atom. The van der Waals surface area contributed by atoms with Gasteiger partial charge >= 0.3 is 0 Å². The second kappa shape index (κ2) is 7.55. The lowest BCUT2D eigenvalue weighted by Gasteiger charge is -2.24. The molecule has 1 atom stereocenters. The smallest absolute Gasteiger partial charge is 0.0721 e. The Morgan fingerprint density at radius 3 is 2.61 bits per heavy atom. The molecule has 0 heterocycles. The third-order valence-corrected chi connectivity index (χ3v) is 3.68. The van der Waals surface area contributed by atoms with Gasteiger partial charge in [0, 0.05) is 12.6 Å². The maximum atomic E-state index is 5.86. The molecule has 1 saturated carbocycles. The van der Waals surface area contributed by atoms with E-state index in [1.54, 1.807) is 0 Å². The van der Waals surface area contributed by atoms with Crippen LogP contribution in [0, 0.1) is 0 Å². The van der Waals surface area contributed by atoms with E-state index in [0.717, 1.165) is 12.6 Å². The highest BCUT2D eigenvalue weighted by Gasteiger charge is 2.13. The van der Waals surface area contributed by atoms with Gasteiger partial charge in [0.05, 0.1) is 12.7 Å². The third kappa shape index (κ3) is 4.79. The van der Waals surface area contributed by atoms with E-state index < -0.39 is 0 Å². The molecule has 2 heteroatoms. The Balaban J connectivity index is 1.61. The van der Waals surface area contributed by atoms with Crippen molar-refractivity contribution in [2.45, 2.75) is 57.8 Å². The molecule has 1 aromatic carbocycles. The summed E-state index contributed by atoms with van der Waals surface area (Å²) >= 11 is 0. The molecule has 0 bridgehead atoms. The van der Waals surface area contributed by atoms with Crippen LogP contribution in [-0.2, 0) is 11.3 Å². The molecule has 1 N–H and O–H groups in total. The number of nitrogens with one attached hydrogen (secondary N) is 1. The molecular formula is C16H25NO. The first-order chi connectivity index (χ1) is 8.84. The fourth-order valence-corrected chi connectivity index (χ4v) is 2.51. The zero-order chi connectivity index (χ0) is 12.6. The average Bonchev–Trinajstić information content (AvgIpc) is 2.45. The van der Waals surface area contributed by atoms with Crippen molar-refractivity contribution >= 4 is 0 Å². The summed E-state index contributed by atoms with van der Waals surface area (Å²) in [5.41, 5.74) is 1.25. The largest absolute Gasteiger partial charge is 0.373 e. The molecule has 0 aromatic heterocycles. The van der Waals surface area contributed by atoms with E-state index in [-0.39, 0.29) is 6.10 Å². The number of rotatable bonds is 6.